The highest BCUT2D eigenvalue weighted by Crippen LogP contribution is 2.62. The van der Waals surface area contributed by atoms with Crippen LogP contribution in [-0.4, -0.2) is 6.54 Å². The minimum atomic E-state index is 0.371. The second-order valence-electron chi connectivity index (χ2n) is 5.67. The van der Waals surface area contributed by atoms with E-state index in [2.05, 4.69) is 18.2 Å². The predicted molar refractivity (Wildman–Crippen MR) is 72.2 cm³/mol. The van der Waals surface area contributed by atoms with Gasteiger partial charge in [-0.25, -0.2) is 0 Å². The Morgan fingerprint density at radius 2 is 2.06 bits per heavy atom. The van der Waals surface area contributed by atoms with Crippen molar-refractivity contribution >= 4 is 11.6 Å². The molecular weight excluding hydrogens is 230 g/mol. The fourth-order valence-electron chi connectivity index (χ4n) is 3.95. The highest BCUT2D eigenvalue weighted by molar-refractivity contribution is 6.30. The smallest absolute Gasteiger partial charge is 0.0408 e. The second-order valence-corrected chi connectivity index (χ2v) is 6.11. The SMILES string of the molecule is NC[C@@H]1CC1(c1cccc(Cl)c1)C1CCCC1. The monoisotopic (exact) mass is 249 g/mol. The summed E-state index contributed by atoms with van der Waals surface area (Å²) in [5.41, 5.74) is 7.73. The van der Waals surface area contributed by atoms with E-state index < -0.39 is 0 Å². The maximum Gasteiger partial charge on any atom is 0.0408 e. The molecule has 0 spiro atoms. The molecule has 0 saturated heterocycles. The molecule has 0 aliphatic heterocycles. The lowest BCUT2D eigenvalue weighted by molar-refractivity contribution is 0.386. The van der Waals surface area contributed by atoms with Gasteiger partial charge < -0.3 is 5.73 Å². The molecule has 0 heterocycles. The normalized spacial score (nSPS) is 32.9. The van der Waals surface area contributed by atoms with Crippen molar-refractivity contribution in [1.82, 2.24) is 0 Å². The van der Waals surface area contributed by atoms with Gasteiger partial charge in [0, 0.05) is 10.4 Å². The topological polar surface area (TPSA) is 26.0 Å². The van der Waals surface area contributed by atoms with E-state index in [0.717, 1.165) is 17.5 Å². The summed E-state index contributed by atoms with van der Waals surface area (Å²) >= 11 is 6.15. The van der Waals surface area contributed by atoms with Crippen LogP contribution in [0.2, 0.25) is 5.02 Å². The molecule has 0 amide bonds. The van der Waals surface area contributed by atoms with Crippen molar-refractivity contribution in [1.29, 1.82) is 0 Å². The van der Waals surface area contributed by atoms with Crippen molar-refractivity contribution < 1.29 is 0 Å². The van der Waals surface area contributed by atoms with Gasteiger partial charge in [0.2, 0.25) is 0 Å². The highest BCUT2D eigenvalue weighted by Gasteiger charge is 2.58. The Hall–Kier alpha value is -0.530. The first-order valence-corrected chi connectivity index (χ1v) is 7.11. The molecule has 1 unspecified atom stereocenters. The molecule has 1 aromatic rings. The number of hydrogen-bond donors (Lipinski definition) is 1. The lowest BCUT2D eigenvalue weighted by atomic mass is 9.79. The zero-order chi connectivity index (χ0) is 11.9. The molecular formula is C15H20ClN. The zero-order valence-electron chi connectivity index (χ0n) is 10.2. The van der Waals surface area contributed by atoms with Gasteiger partial charge in [0.25, 0.3) is 0 Å². The average molecular weight is 250 g/mol. The van der Waals surface area contributed by atoms with Crippen molar-refractivity contribution in [2.24, 2.45) is 17.6 Å². The Labute approximate surface area is 108 Å². The van der Waals surface area contributed by atoms with Crippen molar-refractivity contribution in [3.8, 4) is 0 Å². The van der Waals surface area contributed by atoms with E-state index in [0.29, 0.717) is 11.3 Å². The van der Waals surface area contributed by atoms with Gasteiger partial charge in [0.1, 0.15) is 0 Å². The summed E-state index contributed by atoms with van der Waals surface area (Å²) < 4.78 is 0. The molecule has 2 heteroatoms. The predicted octanol–water partition coefficient (Wildman–Crippen LogP) is 3.75. The van der Waals surface area contributed by atoms with Gasteiger partial charge in [-0.2, -0.15) is 0 Å². The Morgan fingerprint density at radius 1 is 1.29 bits per heavy atom. The fraction of sp³-hybridized carbons (Fsp3) is 0.600. The molecule has 2 fully saturated rings. The maximum absolute atomic E-state index is 6.15. The number of halogens is 1. The molecule has 0 radical (unpaired) electrons. The maximum atomic E-state index is 6.15. The summed E-state index contributed by atoms with van der Waals surface area (Å²) in [6.07, 6.45) is 6.81. The minimum Gasteiger partial charge on any atom is -0.330 e. The van der Waals surface area contributed by atoms with Gasteiger partial charge in [0.05, 0.1) is 0 Å². The van der Waals surface area contributed by atoms with Crippen LogP contribution in [0, 0.1) is 11.8 Å². The van der Waals surface area contributed by atoms with Crippen LogP contribution >= 0.6 is 11.6 Å². The van der Waals surface area contributed by atoms with Crippen LogP contribution in [0.25, 0.3) is 0 Å². The van der Waals surface area contributed by atoms with Crippen LogP contribution in [0.3, 0.4) is 0 Å². The van der Waals surface area contributed by atoms with Crippen LogP contribution in [0.4, 0.5) is 0 Å². The summed E-state index contributed by atoms with van der Waals surface area (Å²) in [7, 11) is 0. The molecule has 2 atom stereocenters. The Bertz CT molecular complexity index is 411. The lowest BCUT2D eigenvalue weighted by Gasteiger charge is -2.25. The number of rotatable bonds is 3. The van der Waals surface area contributed by atoms with Gasteiger partial charge in [0.15, 0.2) is 0 Å². The minimum absolute atomic E-state index is 0.371. The standard InChI is InChI=1S/C15H20ClN/c16-14-7-3-6-12(8-14)15(9-13(15)10-17)11-4-1-2-5-11/h3,6-8,11,13H,1-2,4-5,9-10,17H2/t13-,15?/m0/s1. The molecule has 1 aromatic carbocycles. The first kappa shape index (κ1) is 11.6. The zero-order valence-corrected chi connectivity index (χ0v) is 10.9. The Morgan fingerprint density at radius 3 is 2.65 bits per heavy atom. The summed E-state index contributed by atoms with van der Waals surface area (Å²) in [6, 6.07) is 8.46. The summed E-state index contributed by atoms with van der Waals surface area (Å²) in [6.45, 7) is 0.822. The van der Waals surface area contributed by atoms with E-state index in [1.54, 1.807) is 0 Å². The van der Waals surface area contributed by atoms with Gasteiger partial charge >= 0.3 is 0 Å². The molecule has 17 heavy (non-hydrogen) atoms. The van der Waals surface area contributed by atoms with Gasteiger partial charge in [-0.05, 0) is 55.3 Å². The Balaban J connectivity index is 1.95. The van der Waals surface area contributed by atoms with Crippen molar-refractivity contribution in [2.45, 2.75) is 37.5 Å². The van der Waals surface area contributed by atoms with Gasteiger partial charge in [-0.15, -0.1) is 0 Å². The average Bonchev–Trinajstić information content (AvgIpc) is 2.83. The largest absolute Gasteiger partial charge is 0.330 e. The van der Waals surface area contributed by atoms with Crippen LogP contribution in [0.15, 0.2) is 24.3 Å². The van der Waals surface area contributed by atoms with Crippen LogP contribution < -0.4 is 5.73 Å². The Kier molecular flexibility index (Phi) is 2.92. The quantitative estimate of drug-likeness (QED) is 0.868. The van der Waals surface area contributed by atoms with Gasteiger partial charge in [-0.3, -0.25) is 0 Å². The van der Waals surface area contributed by atoms with E-state index in [1.165, 1.54) is 37.7 Å². The molecule has 0 aromatic heterocycles. The number of hydrogen-bond acceptors (Lipinski definition) is 1. The number of benzene rings is 1. The third kappa shape index (κ3) is 1.80. The third-order valence-corrected chi connectivity index (χ3v) is 5.12. The first-order valence-electron chi connectivity index (χ1n) is 6.73. The van der Waals surface area contributed by atoms with Crippen LogP contribution in [0.5, 0.6) is 0 Å². The first-order chi connectivity index (χ1) is 8.27. The van der Waals surface area contributed by atoms with Crippen LogP contribution in [0.1, 0.15) is 37.7 Å². The van der Waals surface area contributed by atoms with E-state index >= 15 is 0 Å². The van der Waals surface area contributed by atoms with E-state index in [9.17, 15) is 0 Å². The fourth-order valence-corrected chi connectivity index (χ4v) is 4.14. The summed E-state index contributed by atoms with van der Waals surface area (Å²) in [5, 5.41) is 0.863. The van der Waals surface area contributed by atoms with Gasteiger partial charge in [-0.1, -0.05) is 36.6 Å². The van der Waals surface area contributed by atoms with E-state index in [4.69, 9.17) is 17.3 Å². The van der Waals surface area contributed by atoms with Crippen molar-refractivity contribution in [3.05, 3.63) is 34.9 Å². The van der Waals surface area contributed by atoms with E-state index in [-0.39, 0.29) is 0 Å². The highest BCUT2D eigenvalue weighted by atomic mass is 35.5. The summed E-state index contributed by atoms with van der Waals surface area (Å²) in [4.78, 5) is 0. The molecule has 2 N–H and O–H groups in total. The molecule has 1 nitrogen and oxygen atoms in total. The molecule has 0 bridgehead atoms. The third-order valence-electron chi connectivity index (χ3n) is 4.88. The van der Waals surface area contributed by atoms with E-state index in [1.807, 2.05) is 6.07 Å². The summed E-state index contributed by atoms with van der Waals surface area (Å²) in [5.74, 6) is 1.53. The van der Waals surface area contributed by atoms with Crippen molar-refractivity contribution in [2.75, 3.05) is 6.54 Å². The molecule has 3 rings (SSSR count). The molecule has 2 saturated carbocycles. The lowest BCUT2D eigenvalue weighted by Crippen LogP contribution is -2.23. The molecule has 92 valence electrons. The van der Waals surface area contributed by atoms with Crippen LogP contribution in [-0.2, 0) is 5.41 Å². The second kappa shape index (κ2) is 4.29. The number of nitrogens with two attached hydrogens (primary N) is 1. The molecule has 2 aliphatic rings. The molecule has 2 aliphatic carbocycles. The van der Waals surface area contributed by atoms with Crippen molar-refractivity contribution in [3.63, 3.8) is 0 Å².